The molecular formula is C23H21N3O4S. The first kappa shape index (κ1) is 20.7. The zero-order chi connectivity index (χ0) is 22.1. The number of carbonyl (C=O) groups excluding carboxylic acids is 2. The Morgan fingerprint density at radius 1 is 1.06 bits per heavy atom. The van der Waals surface area contributed by atoms with Gasteiger partial charge in [0.05, 0.1) is 17.7 Å². The van der Waals surface area contributed by atoms with Crippen LogP contribution in [0.15, 0.2) is 60.2 Å². The zero-order valence-electron chi connectivity index (χ0n) is 17.3. The summed E-state index contributed by atoms with van der Waals surface area (Å²) in [6, 6.07) is 15.1. The minimum Gasteiger partial charge on any atom is -0.507 e. The van der Waals surface area contributed by atoms with E-state index in [1.165, 1.54) is 16.2 Å². The van der Waals surface area contributed by atoms with Crippen molar-refractivity contribution in [3.8, 4) is 5.75 Å². The van der Waals surface area contributed by atoms with Gasteiger partial charge in [0.1, 0.15) is 16.5 Å². The maximum atomic E-state index is 13.0. The van der Waals surface area contributed by atoms with Crippen LogP contribution in [0.3, 0.4) is 0 Å². The predicted molar refractivity (Wildman–Crippen MR) is 118 cm³/mol. The lowest BCUT2D eigenvalue weighted by Gasteiger charge is -2.22. The van der Waals surface area contributed by atoms with Crippen molar-refractivity contribution in [1.29, 1.82) is 0 Å². The Bertz CT molecular complexity index is 1150. The first-order valence-corrected chi connectivity index (χ1v) is 10.6. The van der Waals surface area contributed by atoms with Crippen molar-refractivity contribution in [3.05, 3.63) is 76.3 Å². The van der Waals surface area contributed by atoms with E-state index in [1.54, 1.807) is 31.2 Å². The molecular weight excluding hydrogens is 414 g/mol. The number of aliphatic hydroxyl groups excluding tert-OH is 1. The highest BCUT2D eigenvalue weighted by atomic mass is 32.1. The van der Waals surface area contributed by atoms with E-state index in [0.29, 0.717) is 27.0 Å². The molecule has 2 heterocycles. The van der Waals surface area contributed by atoms with E-state index in [-0.39, 0.29) is 17.4 Å². The van der Waals surface area contributed by atoms with E-state index in [1.807, 2.05) is 44.2 Å². The normalized spacial score (nSPS) is 18.1. The number of Topliss-reactive ketones (excluding diaryl/α,β-unsaturated/α-hetero) is 1. The highest BCUT2D eigenvalue weighted by Gasteiger charge is 2.48. The number of hydrogen-bond donors (Lipinski definition) is 1. The topological polar surface area (TPSA) is 92.6 Å². The van der Waals surface area contributed by atoms with Crippen LogP contribution >= 0.6 is 11.3 Å². The van der Waals surface area contributed by atoms with Gasteiger partial charge in [-0.15, -0.1) is 10.2 Å². The number of rotatable bonds is 5. The van der Waals surface area contributed by atoms with Crippen LogP contribution in [0, 0.1) is 6.92 Å². The molecule has 1 aliphatic heterocycles. The summed E-state index contributed by atoms with van der Waals surface area (Å²) in [6.07, 6.45) is 0.0122. The Morgan fingerprint density at radius 3 is 2.32 bits per heavy atom. The van der Waals surface area contributed by atoms with E-state index in [9.17, 15) is 14.7 Å². The highest BCUT2D eigenvalue weighted by Crippen LogP contribution is 2.42. The molecule has 2 aromatic carbocycles. The molecule has 0 bridgehead atoms. The van der Waals surface area contributed by atoms with Gasteiger partial charge in [0, 0.05) is 5.56 Å². The summed E-state index contributed by atoms with van der Waals surface area (Å²) < 4.78 is 5.64. The van der Waals surface area contributed by atoms with Gasteiger partial charge < -0.3 is 9.84 Å². The summed E-state index contributed by atoms with van der Waals surface area (Å²) in [4.78, 5) is 27.3. The molecule has 0 aliphatic carbocycles. The van der Waals surface area contributed by atoms with Crippen LogP contribution in [0.25, 0.3) is 5.76 Å². The number of anilines is 1. The summed E-state index contributed by atoms with van der Waals surface area (Å²) in [7, 11) is 0. The number of aromatic nitrogens is 2. The number of carbonyl (C=O) groups is 2. The predicted octanol–water partition coefficient (Wildman–Crippen LogP) is 4.26. The molecule has 7 nitrogen and oxygen atoms in total. The fourth-order valence-electron chi connectivity index (χ4n) is 3.48. The lowest BCUT2D eigenvalue weighted by atomic mass is 9.95. The van der Waals surface area contributed by atoms with Crippen molar-refractivity contribution >= 4 is 33.9 Å². The van der Waals surface area contributed by atoms with Crippen LogP contribution in [0.4, 0.5) is 5.13 Å². The Balaban J connectivity index is 1.84. The summed E-state index contributed by atoms with van der Waals surface area (Å²) in [5.74, 6) is -1.10. The molecule has 0 saturated carbocycles. The second-order valence-corrected chi connectivity index (χ2v) is 8.53. The molecule has 8 heteroatoms. The number of ketones is 1. The maximum absolute atomic E-state index is 13.0. The lowest BCUT2D eigenvalue weighted by molar-refractivity contribution is -0.132. The first-order chi connectivity index (χ1) is 14.9. The van der Waals surface area contributed by atoms with Crippen LogP contribution in [-0.4, -0.2) is 33.1 Å². The van der Waals surface area contributed by atoms with Gasteiger partial charge in [-0.3, -0.25) is 14.5 Å². The van der Waals surface area contributed by atoms with Crippen LogP contribution < -0.4 is 9.64 Å². The van der Waals surface area contributed by atoms with Gasteiger partial charge in [0.2, 0.25) is 5.13 Å². The van der Waals surface area contributed by atoms with Gasteiger partial charge in [0.25, 0.3) is 5.78 Å². The average Bonchev–Trinajstić information content (AvgIpc) is 3.29. The summed E-state index contributed by atoms with van der Waals surface area (Å²) in [5.41, 5.74) is 1.13. The van der Waals surface area contributed by atoms with Crippen molar-refractivity contribution in [1.82, 2.24) is 10.2 Å². The maximum Gasteiger partial charge on any atom is 0.301 e. The Morgan fingerprint density at radius 2 is 1.74 bits per heavy atom. The van der Waals surface area contributed by atoms with E-state index in [4.69, 9.17) is 4.74 Å². The van der Waals surface area contributed by atoms with Gasteiger partial charge in [-0.25, -0.2) is 0 Å². The molecule has 1 amide bonds. The van der Waals surface area contributed by atoms with E-state index < -0.39 is 17.7 Å². The zero-order valence-corrected chi connectivity index (χ0v) is 18.1. The fraction of sp³-hybridized carbons (Fsp3) is 0.217. The van der Waals surface area contributed by atoms with Gasteiger partial charge in [-0.05, 0) is 50.6 Å². The molecule has 1 aliphatic rings. The molecule has 4 rings (SSSR count). The van der Waals surface area contributed by atoms with Crippen molar-refractivity contribution < 1.29 is 19.4 Å². The minimum absolute atomic E-state index is 0.0122. The number of ether oxygens (including phenoxy) is 1. The quantitative estimate of drug-likeness (QED) is 0.366. The molecule has 0 spiro atoms. The summed E-state index contributed by atoms with van der Waals surface area (Å²) in [5, 5.41) is 20.1. The van der Waals surface area contributed by atoms with Crippen molar-refractivity contribution in [2.75, 3.05) is 4.90 Å². The van der Waals surface area contributed by atoms with Gasteiger partial charge in [0.15, 0.2) is 0 Å². The minimum atomic E-state index is -0.805. The molecule has 1 fully saturated rings. The molecule has 1 N–H and O–H groups in total. The van der Waals surface area contributed by atoms with Crippen LogP contribution in [-0.2, 0) is 9.59 Å². The number of aryl methyl sites for hydroxylation is 1. The molecule has 3 aromatic rings. The van der Waals surface area contributed by atoms with E-state index >= 15 is 0 Å². The summed E-state index contributed by atoms with van der Waals surface area (Å²) in [6.45, 7) is 5.62. The van der Waals surface area contributed by atoms with Crippen molar-refractivity contribution in [3.63, 3.8) is 0 Å². The lowest BCUT2D eigenvalue weighted by Crippen LogP contribution is -2.29. The van der Waals surface area contributed by atoms with Gasteiger partial charge in [-0.1, -0.05) is 41.7 Å². The standard InChI is InChI=1S/C23H21N3O4S/c1-13(2)30-17-11-9-16(10-12-17)20(27)18-19(15-7-5-4-6-8-15)26(22(29)21(18)28)23-25-24-14(3)31-23/h4-13,19,27H,1-3H3/t19-/m0/s1. The fourth-order valence-corrected chi connectivity index (χ4v) is 4.20. The van der Waals surface area contributed by atoms with Crippen molar-refractivity contribution in [2.24, 2.45) is 0 Å². The van der Waals surface area contributed by atoms with Crippen LogP contribution in [0.2, 0.25) is 0 Å². The molecule has 0 unspecified atom stereocenters. The smallest absolute Gasteiger partial charge is 0.301 e. The third-order valence-electron chi connectivity index (χ3n) is 4.78. The number of hydrogen-bond acceptors (Lipinski definition) is 7. The molecule has 0 radical (unpaired) electrons. The molecule has 158 valence electrons. The highest BCUT2D eigenvalue weighted by molar-refractivity contribution is 7.15. The molecule has 1 aromatic heterocycles. The largest absolute Gasteiger partial charge is 0.507 e. The average molecular weight is 436 g/mol. The summed E-state index contributed by atoms with van der Waals surface area (Å²) >= 11 is 1.22. The number of benzene rings is 2. The van der Waals surface area contributed by atoms with E-state index in [0.717, 1.165) is 0 Å². The number of aliphatic hydroxyl groups is 1. The Kier molecular flexibility index (Phi) is 5.56. The van der Waals surface area contributed by atoms with Gasteiger partial charge >= 0.3 is 5.91 Å². The number of nitrogens with zero attached hydrogens (tertiary/aromatic N) is 3. The molecule has 1 atom stereocenters. The second kappa shape index (κ2) is 8.31. The molecule has 31 heavy (non-hydrogen) atoms. The number of amides is 1. The monoisotopic (exact) mass is 435 g/mol. The third-order valence-corrected chi connectivity index (χ3v) is 5.62. The second-order valence-electron chi connectivity index (χ2n) is 7.37. The Labute approximate surface area is 183 Å². The van der Waals surface area contributed by atoms with E-state index in [2.05, 4.69) is 10.2 Å². The SMILES string of the molecule is Cc1nnc(N2C(=O)C(=O)C(=C(O)c3ccc(OC(C)C)cc3)[C@@H]2c2ccccc2)s1. The molecule has 1 saturated heterocycles. The van der Waals surface area contributed by atoms with Crippen molar-refractivity contribution in [2.45, 2.75) is 32.9 Å². The Hall–Kier alpha value is -3.52. The first-order valence-electron chi connectivity index (χ1n) is 9.80. The van der Waals surface area contributed by atoms with Gasteiger partial charge in [-0.2, -0.15) is 0 Å². The van der Waals surface area contributed by atoms with Crippen LogP contribution in [0.1, 0.15) is 36.0 Å². The third kappa shape index (κ3) is 3.94. The van der Waals surface area contributed by atoms with Crippen LogP contribution in [0.5, 0.6) is 5.75 Å².